The van der Waals surface area contributed by atoms with E-state index < -0.39 is 45.8 Å². The molecule has 0 unspecified atom stereocenters. The van der Waals surface area contributed by atoms with Crippen LogP contribution in [0.2, 0.25) is 5.02 Å². The number of sulfonamides is 1. The Balaban J connectivity index is 1.86. The molecule has 0 spiro atoms. The quantitative estimate of drug-likeness (QED) is 0.830. The summed E-state index contributed by atoms with van der Waals surface area (Å²) in [7, 11) is -3.99. The molecule has 1 aliphatic carbocycles. The van der Waals surface area contributed by atoms with Crippen molar-refractivity contribution in [2.75, 3.05) is 0 Å². The molecule has 0 radical (unpaired) electrons. The topological polar surface area (TPSA) is 57.6 Å². The van der Waals surface area contributed by atoms with Crippen LogP contribution in [-0.2, 0) is 10.0 Å². The lowest BCUT2D eigenvalue weighted by Crippen LogP contribution is -2.57. The second-order valence-electron chi connectivity index (χ2n) is 7.10. The van der Waals surface area contributed by atoms with Gasteiger partial charge in [0, 0.05) is 22.5 Å². The zero-order valence-corrected chi connectivity index (χ0v) is 15.8. The minimum absolute atomic E-state index is 0.0377. The van der Waals surface area contributed by atoms with Crippen LogP contribution in [0.25, 0.3) is 0 Å². The number of aliphatic hydroxyl groups is 1. The van der Waals surface area contributed by atoms with Crippen molar-refractivity contribution < 1.29 is 22.3 Å². The molecular formula is C19H18ClF2NO3S. The molecule has 8 heteroatoms. The lowest BCUT2D eigenvalue weighted by Gasteiger charge is -2.52. The number of aliphatic hydroxyl groups excluding tert-OH is 1. The Bertz CT molecular complexity index is 967. The summed E-state index contributed by atoms with van der Waals surface area (Å²) in [6.45, 7) is 0. The molecule has 2 aromatic carbocycles. The number of rotatable bonds is 3. The molecule has 4 nitrogen and oxygen atoms in total. The molecular weight excluding hydrogens is 396 g/mol. The Morgan fingerprint density at radius 1 is 1.07 bits per heavy atom. The smallest absolute Gasteiger partial charge is 0.243 e. The highest BCUT2D eigenvalue weighted by Gasteiger charge is 2.52. The maximum Gasteiger partial charge on any atom is 0.243 e. The predicted octanol–water partition coefficient (Wildman–Crippen LogP) is 3.89. The minimum Gasteiger partial charge on any atom is -0.393 e. The van der Waals surface area contributed by atoms with Crippen LogP contribution in [0.5, 0.6) is 0 Å². The van der Waals surface area contributed by atoms with Gasteiger partial charge in [-0.3, -0.25) is 0 Å². The van der Waals surface area contributed by atoms with Gasteiger partial charge in [0.05, 0.1) is 17.0 Å². The third-order valence-electron chi connectivity index (χ3n) is 5.55. The van der Waals surface area contributed by atoms with Crippen LogP contribution in [0.3, 0.4) is 0 Å². The molecule has 2 saturated heterocycles. The Labute approximate surface area is 161 Å². The van der Waals surface area contributed by atoms with E-state index in [1.54, 1.807) is 0 Å². The SMILES string of the molecule is O=S(=O)(c1ccc(Cl)cc1)N1[C@H]2CC[C@H]([C@H](O)C2)[C@H]1c1cc(F)ccc1F. The summed E-state index contributed by atoms with van der Waals surface area (Å²) in [4.78, 5) is 0.0377. The fraction of sp³-hybridized carbons (Fsp3) is 0.368. The second kappa shape index (κ2) is 6.81. The average molecular weight is 414 g/mol. The summed E-state index contributed by atoms with van der Waals surface area (Å²) in [5.74, 6) is -1.82. The highest BCUT2D eigenvalue weighted by atomic mass is 35.5. The number of fused-ring (bicyclic) bond motifs is 3. The summed E-state index contributed by atoms with van der Waals surface area (Å²) < 4.78 is 56.3. The van der Waals surface area contributed by atoms with Crippen molar-refractivity contribution in [2.45, 2.75) is 42.3 Å². The van der Waals surface area contributed by atoms with Crippen LogP contribution < -0.4 is 0 Å². The standard InChI is InChI=1S/C19H18ClF2NO3S/c20-11-1-5-14(6-2-11)27(25,26)23-13-4-7-15(18(24)10-13)19(23)16-9-12(21)3-8-17(16)22/h1-3,5-6,8-9,13,15,18-19,24H,4,7,10H2/t13-,15+,18+,19-/m0/s1. The third kappa shape index (κ3) is 3.16. The summed E-state index contributed by atoms with van der Waals surface area (Å²) in [5, 5.41) is 10.8. The van der Waals surface area contributed by atoms with Crippen molar-refractivity contribution in [2.24, 2.45) is 5.92 Å². The molecule has 27 heavy (non-hydrogen) atoms. The van der Waals surface area contributed by atoms with E-state index in [9.17, 15) is 22.3 Å². The Morgan fingerprint density at radius 2 is 1.78 bits per heavy atom. The number of piperidine rings is 2. The van der Waals surface area contributed by atoms with Gasteiger partial charge in [0.25, 0.3) is 0 Å². The van der Waals surface area contributed by atoms with Gasteiger partial charge in [-0.15, -0.1) is 0 Å². The van der Waals surface area contributed by atoms with Gasteiger partial charge in [-0.05, 0) is 61.7 Å². The molecule has 1 N–H and O–H groups in total. The van der Waals surface area contributed by atoms with E-state index in [-0.39, 0.29) is 16.9 Å². The lowest BCUT2D eigenvalue weighted by molar-refractivity contribution is -0.0547. The molecule has 0 aromatic heterocycles. The van der Waals surface area contributed by atoms with Crippen LogP contribution in [0.4, 0.5) is 8.78 Å². The van der Waals surface area contributed by atoms with Crippen LogP contribution in [0, 0.1) is 17.6 Å². The van der Waals surface area contributed by atoms with Crippen molar-refractivity contribution >= 4 is 21.6 Å². The molecule has 0 amide bonds. The average Bonchev–Trinajstić information content (AvgIpc) is 2.63. The summed E-state index contributed by atoms with van der Waals surface area (Å²) >= 11 is 5.86. The Hall–Kier alpha value is -1.54. The Kier molecular flexibility index (Phi) is 4.74. The maximum absolute atomic E-state index is 14.5. The molecule has 144 valence electrons. The molecule has 2 bridgehead atoms. The molecule has 3 fully saturated rings. The largest absolute Gasteiger partial charge is 0.393 e. The first-order valence-electron chi connectivity index (χ1n) is 8.71. The number of benzene rings is 2. The van der Waals surface area contributed by atoms with Gasteiger partial charge in [-0.25, -0.2) is 17.2 Å². The van der Waals surface area contributed by atoms with Gasteiger partial charge in [0.15, 0.2) is 0 Å². The number of hydrogen-bond donors (Lipinski definition) is 1. The van der Waals surface area contributed by atoms with Crippen molar-refractivity contribution in [3.63, 3.8) is 0 Å². The fourth-order valence-electron chi connectivity index (χ4n) is 4.35. The Morgan fingerprint density at radius 3 is 2.44 bits per heavy atom. The first-order valence-corrected chi connectivity index (χ1v) is 10.5. The minimum atomic E-state index is -3.99. The summed E-state index contributed by atoms with van der Waals surface area (Å²) in [6.07, 6.45) is 0.652. The zero-order valence-electron chi connectivity index (χ0n) is 14.2. The van der Waals surface area contributed by atoms with Crippen molar-refractivity contribution in [3.05, 3.63) is 64.7 Å². The van der Waals surface area contributed by atoms with Crippen LogP contribution in [0.1, 0.15) is 30.9 Å². The first-order chi connectivity index (χ1) is 12.8. The van der Waals surface area contributed by atoms with Crippen molar-refractivity contribution in [1.82, 2.24) is 4.31 Å². The van der Waals surface area contributed by atoms with E-state index in [4.69, 9.17) is 11.6 Å². The zero-order chi connectivity index (χ0) is 19.3. The molecule has 5 rings (SSSR count). The number of hydrogen-bond acceptors (Lipinski definition) is 3. The van der Waals surface area contributed by atoms with E-state index in [2.05, 4.69) is 0 Å². The van der Waals surface area contributed by atoms with Crippen LogP contribution in [-0.4, -0.2) is 30.0 Å². The van der Waals surface area contributed by atoms with E-state index in [1.807, 2.05) is 0 Å². The maximum atomic E-state index is 14.5. The van der Waals surface area contributed by atoms with E-state index in [1.165, 1.54) is 28.6 Å². The van der Waals surface area contributed by atoms with E-state index >= 15 is 0 Å². The lowest BCUT2D eigenvalue weighted by atomic mass is 9.72. The van der Waals surface area contributed by atoms with Crippen LogP contribution >= 0.6 is 11.6 Å². The van der Waals surface area contributed by atoms with Crippen LogP contribution in [0.15, 0.2) is 47.4 Å². The molecule has 2 heterocycles. The normalized spacial score (nSPS) is 28.4. The van der Waals surface area contributed by atoms with Gasteiger partial charge in [0.2, 0.25) is 10.0 Å². The number of halogens is 3. The molecule has 1 saturated carbocycles. The second-order valence-corrected chi connectivity index (χ2v) is 9.38. The highest BCUT2D eigenvalue weighted by Crippen LogP contribution is 2.50. The molecule has 4 atom stereocenters. The third-order valence-corrected chi connectivity index (χ3v) is 7.75. The molecule has 3 aliphatic rings. The monoisotopic (exact) mass is 413 g/mol. The van der Waals surface area contributed by atoms with E-state index in [0.717, 1.165) is 18.2 Å². The van der Waals surface area contributed by atoms with Gasteiger partial charge in [-0.2, -0.15) is 4.31 Å². The first kappa shape index (κ1) is 18.8. The fourth-order valence-corrected chi connectivity index (χ4v) is 6.35. The highest BCUT2D eigenvalue weighted by molar-refractivity contribution is 7.89. The summed E-state index contributed by atoms with van der Waals surface area (Å²) in [6, 6.07) is 7.33. The summed E-state index contributed by atoms with van der Waals surface area (Å²) in [5.41, 5.74) is -0.0408. The van der Waals surface area contributed by atoms with Crippen molar-refractivity contribution in [3.8, 4) is 0 Å². The molecule has 2 aromatic rings. The number of nitrogens with zero attached hydrogens (tertiary/aromatic N) is 1. The van der Waals surface area contributed by atoms with Gasteiger partial charge >= 0.3 is 0 Å². The molecule has 2 aliphatic heterocycles. The predicted molar refractivity (Wildman–Crippen MR) is 96.7 cm³/mol. The van der Waals surface area contributed by atoms with Gasteiger partial charge in [0.1, 0.15) is 11.6 Å². The van der Waals surface area contributed by atoms with E-state index in [0.29, 0.717) is 17.9 Å². The van der Waals surface area contributed by atoms with Crippen molar-refractivity contribution in [1.29, 1.82) is 0 Å². The van der Waals surface area contributed by atoms with Gasteiger partial charge in [-0.1, -0.05) is 11.6 Å². The van der Waals surface area contributed by atoms with Gasteiger partial charge < -0.3 is 5.11 Å².